The number of nitrogens with zero attached hydrogens (tertiary/aromatic N) is 2. The summed E-state index contributed by atoms with van der Waals surface area (Å²) in [5.41, 5.74) is 4.63. The average molecular weight is 355 g/mol. The molecule has 2 aliphatic rings. The Bertz CT molecular complexity index is 728. The summed E-state index contributed by atoms with van der Waals surface area (Å²) in [5, 5.41) is 4.10. The van der Waals surface area contributed by atoms with Gasteiger partial charge in [0.15, 0.2) is 0 Å². The van der Waals surface area contributed by atoms with Crippen molar-refractivity contribution in [2.24, 2.45) is 22.9 Å². The minimum absolute atomic E-state index is 0.0676. The summed E-state index contributed by atoms with van der Waals surface area (Å²) in [6.07, 6.45) is 3.66. The maximum absolute atomic E-state index is 12.6. The van der Waals surface area contributed by atoms with Gasteiger partial charge in [-0.1, -0.05) is 38.8 Å². The minimum atomic E-state index is -0.148. The molecule has 6 nitrogen and oxygen atoms in total. The second-order valence-electron chi connectivity index (χ2n) is 7.38. The number of anilines is 1. The lowest BCUT2D eigenvalue weighted by molar-refractivity contribution is -0.124. The number of carbonyl (C=O) groups excluding carboxylic acids is 3. The lowest BCUT2D eigenvalue weighted by Crippen LogP contribution is -2.30. The van der Waals surface area contributed by atoms with E-state index in [0.29, 0.717) is 11.4 Å². The van der Waals surface area contributed by atoms with Crippen LogP contribution in [0.1, 0.15) is 52.0 Å². The van der Waals surface area contributed by atoms with Crippen molar-refractivity contribution in [1.82, 2.24) is 5.43 Å². The number of amides is 3. The fraction of sp³-hybridized carbons (Fsp3) is 0.500. The van der Waals surface area contributed by atoms with Gasteiger partial charge in [-0.05, 0) is 37.5 Å². The van der Waals surface area contributed by atoms with Gasteiger partial charge < -0.3 is 0 Å². The highest BCUT2D eigenvalue weighted by molar-refractivity contribution is 6.22. The fourth-order valence-corrected chi connectivity index (χ4v) is 3.60. The van der Waals surface area contributed by atoms with Crippen molar-refractivity contribution in [3.63, 3.8) is 0 Å². The first kappa shape index (κ1) is 18.3. The smallest absolute Gasteiger partial charge is 0.242 e. The van der Waals surface area contributed by atoms with Crippen LogP contribution in [0.15, 0.2) is 29.4 Å². The second kappa shape index (κ2) is 7.40. The number of fused-ring (bicyclic) bond motifs is 1. The Morgan fingerprint density at radius 2 is 1.62 bits per heavy atom. The van der Waals surface area contributed by atoms with Crippen LogP contribution in [0.3, 0.4) is 0 Å². The Hall–Kier alpha value is -2.50. The van der Waals surface area contributed by atoms with Crippen LogP contribution in [-0.2, 0) is 14.4 Å². The van der Waals surface area contributed by atoms with Crippen LogP contribution >= 0.6 is 0 Å². The van der Waals surface area contributed by atoms with Crippen molar-refractivity contribution in [2.75, 3.05) is 4.90 Å². The quantitative estimate of drug-likeness (QED) is 0.512. The summed E-state index contributed by atoms with van der Waals surface area (Å²) >= 11 is 0. The van der Waals surface area contributed by atoms with E-state index >= 15 is 0 Å². The highest BCUT2D eigenvalue weighted by atomic mass is 16.2. The highest BCUT2D eigenvalue weighted by Gasteiger charge is 2.48. The van der Waals surface area contributed by atoms with E-state index in [2.05, 4.69) is 10.5 Å². The molecule has 0 unspecified atom stereocenters. The molecule has 138 valence electrons. The van der Waals surface area contributed by atoms with Crippen LogP contribution < -0.4 is 10.3 Å². The number of hydrogen-bond donors (Lipinski definition) is 1. The van der Waals surface area contributed by atoms with Crippen molar-refractivity contribution < 1.29 is 14.4 Å². The van der Waals surface area contributed by atoms with Crippen molar-refractivity contribution in [2.45, 2.75) is 46.5 Å². The van der Waals surface area contributed by atoms with Crippen LogP contribution in [0.5, 0.6) is 0 Å². The van der Waals surface area contributed by atoms with Gasteiger partial charge in [0.1, 0.15) is 0 Å². The number of hydrazone groups is 1. The summed E-state index contributed by atoms with van der Waals surface area (Å²) in [5.74, 6) is -0.707. The van der Waals surface area contributed by atoms with Crippen molar-refractivity contribution in [1.29, 1.82) is 0 Å². The third-order valence-electron chi connectivity index (χ3n) is 5.24. The van der Waals surface area contributed by atoms with Crippen LogP contribution in [0.25, 0.3) is 0 Å². The Kier molecular flexibility index (Phi) is 5.20. The van der Waals surface area contributed by atoms with Crippen molar-refractivity contribution in [3.8, 4) is 0 Å². The first-order valence-corrected chi connectivity index (χ1v) is 9.22. The molecule has 1 heterocycles. The molecular weight excluding hydrogens is 330 g/mol. The lowest BCUT2D eigenvalue weighted by atomic mass is 9.81. The normalized spacial score (nSPS) is 23.4. The van der Waals surface area contributed by atoms with Crippen molar-refractivity contribution in [3.05, 3.63) is 29.8 Å². The summed E-state index contributed by atoms with van der Waals surface area (Å²) in [6.45, 7) is 5.41. The summed E-state index contributed by atoms with van der Waals surface area (Å²) in [6, 6.07) is 7.17. The average Bonchev–Trinajstić information content (AvgIpc) is 2.90. The molecule has 0 bridgehead atoms. The topological polar surface area (TPSA) is 78.8 Å². The molecule has 1 aromatic carbocycles. The Morgan fingerprint density at radius 1 is 1.08 bits per heavy atom. The molecule has 0 aromatic heterocycles. The molecule has 2 fully saturated rings. The standard InChI is InChI=1S/C20H25N3O3/c1-12(2)18(24)22-21-13(3)14-8-10-15(11-9-14)23-19(25)16-6-4-5-7-17(16)20(23)26/h8-12,16-17H,4-7H2,1-3H3,(H,22,24)/b21-13-/t16-,17-/m0/s1. The molecule has 1 N–H and O–H groups in total. The van der Waals surface area contributed by atoms with E-state index in [4.69, 9.17) is 0 Å². The van der Waals surface area contributed by atoms with Gasteiger partial charge in [-0.15, -0.1) is 0 Å². The largest absolute Gasteiger partial charge is 0.274 e. The van der Waals surface area contributed by atoms with Gasteiger partial charge in [0, 0.05) is 5.92 Å². The molecule has 1 saturated heterocycles. The Labute approximate surface area is 153 Å². The minimum Gasteiger partial charge on any atom is -0.274 e. The number of rotatable bonds is 4. The molecule has 1 aromatic rings. The highest BCUT2D eigenvalue weighted by Crippen LogP contribution is 2.40. The molecular formula is C20H25N3O3. The molecule has 0 spiro atoms. The van der Waals surface area contributed by atoms with Gasteiger partial charge in [-0.2, -0.15) is 5.10 Å². The molecule has 0 radical (unpaired) electrons. The third kappa shape index (κ3) is 3.41. The van der Waals surface area contributed by atoms with Gasteiger partial charge in [-0.3, -0.25) is 19.3 Å². The van der Waals surface area contributed by atoms with Crippen molar-refractivity contribution >= 4 is 29.1 Å². The zero-order valence-electron chi connectivity index (χ0n) is 15.5. The molecule has 2 atom stereocenters. The molecule has 1 aliphatic carbocycles. The van der Waals surface area contributed by atoms with Crippen LogP contribution in [0.2, 0.25) is 0 Å². The number of benzene rings is 1. The van der Waals surface area contributed by atoms with Gasteiger partial charge in [0.05, 0.1) is 23.2 Å². The van der Waals surface area contributed by atoms with Crippen LogP contribution in [0, 0.1) is 17.8 Å². The van der Waals surface area contributed by atoms with E-state index in [9.17, 15) is 14.4 Å². The molecule has 3 amide bonds. The third-order valence-corrected chi connectivity index (χ3v) is 5.24. The number of imide groups is 1. The lowest BCUT2D eigenvalue weighted by Gasteiger charge is -2.19. The molecule has 26 heavy (non-hydrogen) atoms. The predicted molar refractivity (Wildman–Crippen MR) is 99.6 cm³/mol. The number of carbonyl (C=O) groups is 3. The van der Waals surface area contributed by atoms with Crippen LogP contribution in [-0.4, -0.2) is 23.4 Å². The molecule has 6 heteroatoms. The van der Waals surface area contributed by atoms with E-state index in [1.165, 1.54) is 4.90 Å². The number of hydrogen-bond acceptors (Lipinski definition) is 4. The zero-order chi connectivity index (χ0) is 18.8. The maximum Gasteiger partial charge on any atom is 0.242 e. The van der Waals surface area contributed by atoms with Gasteiger partial charge in [-0.25, -0.2) is 5.43 Å². The summed E-state index contributed by atoms with van der Waals surface area (Å²) in [4.78, 5) is 38.2. The van der Waals surface area contributed by atoms with E-state index in [1.807, 2.05) is 12.1 Å². The zero-order valence-corrected chi connectivity index (χ0v) is 15.5. The SMILES string of the molecule is C/C(=N/NC(=O)C(C)C)c1ccc(N2C(=O)[C@H]3CCCC[C@@H]3C2=O)cc1. The molecule has 1 aliphatic heterocycles. The van der Waals surface area contributed by atoms with E-state index < -0.39 is 0 Å². The molecule has 1 saturated carbocycles. The summed E-state index contributed by atoms with van der Waals surface area (Å²) < 4.78 is 0. The van der Waals surface area contributed by atoms with E-state index in [0.717, 1.165) is 31.2 Å². The summed E-state index contributed by atoms with van der Waals surface area (Å²) in [7, 11) is 0. The van der Waals surface area contributed by atoms with Gasteiger partial charge in [0.25, 0.3) is 0 Å². The maximum atomic E-state index is 12.6. The van der Waals surface area contributed by atoms with Gasteiger partial charge >= 0.3 is 0 Å². The predicted octanol–water partition coefficient (Wildman–Crippen LogP) is 2.86. The first-order chi connectivity index (χ1) is 12.4. The van der Waals surface area contributed by atoms with Gasteiger partial charge in [0.2, 0.25) is 17.7 Å². The fourth-order valence-electron chi connectivity index (χ4n) is 3.60. The Morgan fingerprint density at radius 3 is 2.12 bits per heavy atom. The number of nitrogens with one attached hydrogen (secondary N) is 1. The second-order valence-corrected chi connectivity index (χ2v) is 7.38. The van der Waals surface area contributed by atoms with E-state index in [-0.39, 0.29) is 35.5 Å². The van der Waals surface area contributed by atoms with E-state index in [1.54, 1.807) is 32.9 Å². The monoisotopic (exact) mass is 355 g/mol. The Balaban J connectivity index is 1.75. The van der Waals surface area contributed by atoms with Crippen LogP contribution in [0.4, 0.5) is 5.69 Å². The first-order valence-electron chi connectivity index (χ1n) is 9.22. The molecule has 3 rings (SSSR count).